The minimum Gasteiger partial charge on any atom is -0.494 e. The normalized spacial score (nSPS) is 14.9. The number of ether oxygens (including phenoxy) is 1. The third-order valence-corrected chi connectivity index (χ3v) is 5.16. The van der Waals surface area contributed by atoms with Crippen LogP contribution in [0.25, 0.3) is 11.8 Å². The van der Waals surface area contributed by atoms with Crippen LogP contribution >= 0.6 is 0 Å². The summed E-state index contributed by atoms with van der Waals surface area (Å²) in [5.41, 5.74) is 6.71. The van der Waals surface area contributed by atoms with Gasteiger partial charge in [0, 0.05) is 5.57 Å². The average Bonchev–Trinajstić information content (AvgIpc) is 3.06. The number of benzene rings is 3. The van der Waals surface area contributed by atoms with Crippen molar-refractivity contribution in [3.05, 3.63) is 107 Å². The molecule has 0 radical (unpaired) electrons. The molecule has 3 aromatic rings. The summed E-state index contributed by atoms with van der Waals surface area (Å²) >= 11 is 0. The van der Waals surface area contributed by atoms with E-state index in [0.717, 1.165) is 33.8 Å². The van der Waals surface area contributed by atoms with Gasteiger partial charge in [-0.15, -0.1) is 0 Å². The maximum atomic E-state index is 13.5. The fourth-order valence-electron chi connectivity index (χ4n) is 3.74. The van der Waals surface area contributed by atoms with Crippen LogP contribution in [0.5, 0.6) is 5.75 Å². The molecular formula is C27H25NO2. The number of rotatable bonds is 5. The van der Waals surface area contributed by atoms with Gasteiger partial charge in [-0.3, -0.25) is 9.69 Å². The molecule has 30 heavy (non-hydrogen) atoms. The number of carbonyl (C=O) groups is 1. The Morgan fingerprint density at radius 1 is 0.933 bits per heavy atom. The largest absolute Gasteiger partial charge is 0.494 e. The molecule has 1 amide bonds. The van der Waals surface area contributed by atoms with Gasteiger partial charge in [0.2, 0.25) is 0 Å². The van der Waals surface area contributed by atoms with Crippen molar-refractivity contribution < 1.29 is 9.53 Å². The van der Waals surface area contributed by atoms with E-state index < -0.39 is 0 Å². The van der Waals surface area contributed by atoms with Crippen molar-refractivity contribution in [2.75, 3.05) is 11.5 Å². The fourth-order valence-corrected chi connectivity index (χ4v) is 3.74. The molecule has 0 aliphatic carbocycles. The Balaban J connectivity index is 1.77. The van der Waals surface area contributed by atoms with Gasteiger partial charge in [-0.25, -0.2) is 0 Å². The first-order valence-corrected chi connectivity index (χ1v) is 10.2. The monoisotopic (exact) mass is 395 g/mol. The van der Waals surface area contributed by atoms with Gasteiger partial charge in [0.15, 0.2) is 0 Å². The molecule has 0 fully saturated rings. The molecule has 1 heterocycles. The number of carbonyl (C=O) groups excluding carboxylic acids is 1. The molecule has 0 saturated heterocycles. The van der Waals surface area contributed by atoms with Gasteiger partial charge in [-0.2, -0.15) is 0 Å². The highest BCUT2D eigenvalue weighted by atomic mass is 16.5. The first-order chi connectivity index (χ1) is 14.6. The highest BCUT2D eigenvalue weighted by Gasteiger charge is 2.31. The van der Waals surface area contributed by atoms with Crippen LogP contribution in [0.1, 0.15) is 29.2 Å². The topological polar surface area (TPSA) is 29.5 Å². The smallest absolute Gasteiger partial charge is 0.262 e. The predicted molar refractivity (Wildman–Crippen MR) is 123 cm³/mol. The molecule has 150 valence electrons. The van der Waals surface area contributed by atoms with E-state index in [1.807, 2.05) is 97.6 Å². The van der Waals surface area contributed by atoms with E-state index in [2.05, 4.69) is 13.0 Å². The van der Waals surface area contributed by atoms with Gasteiger partial charge < -0.3 is 4.74 Å². The van der Waals surface area contributed by atoms with Crippen LogP contribution in [-0.2, 0) is 4.79 Å². The van der Waals surface area contributed by atoms with E-state index in [1.54, 1.807) is 0 Å². The highest BCUT2D eigenvalue weighted by molar-refractivity contribution is 6.23. The van der Waals surface area contributed by atoms with Crippen LogP contribution in [0.2, 0.25) is 0 Å². The zero-order valence-electron chi connectivity index (χ0n) is 17.6. The van der Waals surface area contributed by atoms with Crippen molar-refractivity contribution in [3.8, 4) is 5.75 Å². The lowest BCUT2D eigenvalue weighted by Crippen LogP contribution is -2.25. The first kappa shape index (κ1) is 19.7. The van der Waals surface area contributed by atoms with Crippen molar-refractivity contribution >= 4 is 23.4 Å². The molecular weight excluding hydrogens is 370 g/mol. The maximum absolute atomic E-state index is 13.5. The van der Waals surface area contributed by atoms with Crippen LogP contribution in [0.3, 0.4) is 0 Å². The molecule has 1 aliphatic heterocycles. The lowest BCUT2D eigenvalue weighted by Gasteiger charge is -2.23. The Morgan fingerprint density at radius 2 is 1.67 bits per heavy atom. The van der Waals surface area contributed by atoms with Crippen LogP contribution < -0.4 is 9.64 Å². The maximum Gasteiger partial charge on any atom is 0.262 e. The van der Waals surface area contributed by atoms with E-state index >= 15 is 0 Å². The van der Waals surface area contributed by atoms with Gasteiger partial charge in [0.1, 0.15) is 5.75 Å². The molecule has 3 nitrogen and oxygen atoms in total. The van der Waals surface area contributed by atoms with Gasteiger partial charge in [-0.05, 0) is 67.8 Å². The number of nitrogens with zero attached hydrogens (tertiary/aromatic N) is 1. The summed E-state index contributed by atoms with van der Waals surface area (Å²) in [5, 5.41) is 0. The Kier molecular flexibility index (Phi) is 5.53. The van der Waals surface area contributed by atoms with E-state index in [1.165, 1.54) is 5.56 Å². The molecule has 0 bridgehead atoms. The second-order valence-electron chi connectivity index (χ2n) is 7.43. The summed E-state index contributed by atoms with van der Waals surface area (Å²) in [6, 6.07) is 24.0. The summed E-state index contributed by atoms with van der Waals surface area (Å²) in [6.45, 7) is 6.71. The molecule has 0 aromatic heterocycles. The van der Waals surface area contributed by atoms with E-state index in [-0.39, 0.29) is 5.91 Å². The summed E-state index contributed by atoms with van der Waals surface area (Å²) in [5.74, 6) is 0.810. The van der Waals surface area contributed by atoms with Gasteiger partial charge >= 0.3 is 0 Å². The third-order valence-electron chi connectivity index (χ3n) is 5.16. The molecule has 3 aromatic carbocycles. The minimum atomic E-state index is -0.0188. The van der Waals surface area contributed by atoms with Gasteiger partial charge in [-0.1, -0.05) is 60.2 Å². The fraction of sp³-hybridized carbons (Fsp3) is 0.148. The number of aryl methyl sites for hydroxylation is 2. The molecule has 0 atom stereocenters. The van der Waals surface area contributed by atoms with Crippen molar-refractivity contribution in [2.45, 2.75) is 20.8 Å². The van der Waals surface area contributed by atoms with Crippen LogP contribution in [0, 0.1) is 13.8 Å². The molecule has 0 N–H and O–H groups in total. The summed E-state index contributed by atoms with van der Waals surface area (Å²) in [6.07, 6.45) is 3.91. The first-order valence-electron chi connectivity index (χ1n) is 10.2. The van der Waals surface area contributed by atoms with Crippen molar-refractivity contribution in [1.82, 2.24) is 0 Å². The second kappa shape index (κ2) is 8.42. The van der Waals surface area contributed by atoms with Crippen LogP contribution in [0.4, 0.5) is 5.69 Å². The van der Waals surface area contributed by atoms with Crippen LogP contribution in [0.15, 0.2) is 84.4 Å². The van der Waals surface area contributed by atoms with E-state index in [9.17, 15) is 4.79 Å². The van der Waals surface area contributed by atoms with E-state index in [4.69, 9.17) is 4.74 Å². The SMILES string of the molecule is CCOc1ccc(/C=C2\C=C(c3ccccc3)N(c3ccc(C)cc3C)C2=O)cc1. The second-order valence-corrected chi connectivity index (χ2v) is 7.43. The Hall–Kier alpha value is -3.59. The van der Waals surface area contributed by atoms with Crippen LogP contribution in [-0.4, -0.2) is 12.5 Å². The quantitative estimate of drug-likeness (QED) is 0.483. The predicted octanol–water partition coefficient (Wildman–Crippen LogP) is 6.17. The molecule has 0 saturated carbocycles. The molecule has 0 spiro atoms. The molecule has 4 rings (SSSR count). The van der Waals surface area contributed by atoms with Gasteiger partial charge in [0.25, 0.3) is 5.91 Å². The van der Waals surface area contributed by atoms with E-state index in [0.29, 0.717) is 12.2 Å². The standard InChI is InChI=1S/C27H25NO2/c1-4-30-24-13-11-21(12-14-24)17-23-18-26(22-8-6-5-7-9-22)28(27(23)29)25-15-10-19(2)16-20(25)3/h5-18H,4H2,1-3H3/b23-17+. The molecule has 0 unspecified atom stereocenters. The van der Waals surface area contributed by atoms with Crippen molar-refractivity contribution in [1.29, 1.82) is 0 Å². The lowest BCUT2D eigenvalue weighted by molar-refractivity contribution is -0.113. The molecule has 3 heteroatoms. The number of amides is 1. The Morgan fingerprint density at radius 3 is 2.33 bits per heavy atom. The van der Waals surface area contributed by atoms with Crippen molar-refractivity contribution in [2.24, 2.45) is 0 Å². The summed E-state index contributed by atoms with van der Waals surface area (Å²) in [4.78, 5) is 15.3. The Bertz CT molecular complexity index is 1130. The minimum absolute atomic E-state index is 0.0188. The summed E-state index contributed by atoms with van der Waals surface area (Å²) in [7, 11) is 0. The zero-order valence-corrected chi connectivity index (χ0v) is 17.6. The Labute approximate surface area is 177 Å². The zero-order chi connectivity index (χ0) is 21.1. The van der Waals surface area contributed by atoms with Crippen molar-refractivity contribution in [3.63, 3.8) is 0 Å². The molecule has 1 aliphatic rings. The number of hydrogen-bond acceptors (Lipinski definition) is 2. The lowest BCUT2D eigenvalue weighted by atomic mass is 10.1. The number of hydrogen-bond donors (Lipinski definition) is 0. The highest BCUT2D eigenvalue weighted by Crippen LogP contribution is 2.37. The number of anilines is 1. The third kappa shape index (κ3) is 3.92. The van der Waals surface area contributed by atoms with Gasteiger partial charge in [0.05, 0.1) is 18.0 Å². The summed E-state index contributed by atoms with van der Waals surface area (Å²) < 4.78 is 5.52. The average molecular weight is 396 g/mol.